The molecule has 0 amide bonds. The highest BCUT2D eigenvalue weighted by molar-refractivity contribution is 5.28. The molecule has 2 aromatic rings. The van der Waals surface area contributed by atoms with E-state index in [-0.39, 0.29) is 0 Å². The Morgan fingerprint density at radius 1 is 1.00 bits per heavy atom. The van der Waals surface area contributed by atoms with E-state index in [1.165, 1.54) is 16.7 Å². The summed E-state index contributed by atoms with van der Waals surface area (Å²) in [7, 11) is 0. The minimum Gasteiger partial charge on any atom is -0.379 e. The smallest absolute Gasteiger partial charge is 0.108 e. The highest BCUT2D eigenvalue weighted by atomic mass is 16.5. The minimum atomic E-state index is 0.475. The predicted molar refractivity (Wildman–Crippen MR) is 85.8 cm³/mol. The Labute approximate surface area is 132 Å². The molecule has 2 rings (SSSR count). The van der Waals surface area contributed by atoms with Crippen LogP contribution in [0, 0.1) is 13.8 Å². The molecule has 1 aromatic heterocycles. The van der Waals surface area contributed by atoms with E-state index in [9.17, 15) is 0 Å². The average molecular weight is 303 g/mol. The van der Waals surface area contributed by atoms with Gasteiger partial charge in [0.15, 0.2) is 0 Å². The van der Waals surface area contributed by atoms with Crippen LogP contribution in [0.15, 0.2) is 24.4 Å². The summed E-state index contributed by atoms with van der Waals surface area (Å²) in [4.78, 5) is 0. The van der Waals surface area contributed by atoms with Crippen LogP contribution in [0.25, 0.3) is 0 Å². The Morgan fingerprint density at radius 3 is 2.45 bits per heavy atom. The lowest BCUT2D eigenvalue weighted by Gasteiger charge is -2.04. The van der Waals surface area contributed by atoms with Crippen LogP contribution in [-0.2, 0) is 22.6 Å². The fourth-order valence-electron chi connectivity index (χ4n) is 2.37. The molecular formula is C17H25N3O2. The molecule has 0 spiro atoms. The summed E-state index contributed by atoms with van der Waals surface area (Å²) in [6.45, 7) is 9.52. The number of aromatic nitrogens is 3. The molecule has 0 saturated carbocycles. The van der Waals surface area contributed by atoms with Crippen molar-refractivity contribution in [3.05, 3.63) is 46.8 Å². The van der Waals surface area contributed by atoms with Gasteiger partial charge in [0, 0.05) is 6.61 Å². The first kappa shape index (κ1) is 16.6. The normalized spacial score (nSPS) is 11.0. The molecule has 0 saturated heterocycles. The number of aryl methyl sites for hydroxylation is 2. The van der Waals surface area contributed by atoms with Crippen LogP contribution < -0.4 is 0 Å². The van der Waals surface area contributed by atoms with Gasteiger partial charge in [-0.3, -0.25) is 0 Å². The van der Waals surface area contributed by atoms with Crippen molar-refractivity contribution in [1.29, 1.82) is 0 Å². The van der Waals surface area contributed by atoms with Crippen LogP contribution in [0.3, 0.4) is 0 Å². The molecule has 0 unspecified atom stereocenters. The van der Waals surface area contributed by atoms with E-state index in [0.29, 0.717) is 19.8 Å². The van der Waals surface area contributed by atoms with E-state index in [1.54, 1.807) is 0 Å². The Balaban J connectivity index is 1.78. The first-order chi connectivity index (χ1) is 10.7. The van der Waals surface area contributed by atoms with Crippen LogP contribution in [0.2, 0.25) is 0 Å². The maximum Gasteiger partial charge on any atom is 0.108 e. The topological polar surface area (TPSA) is 49.2 Å². The highest BCUT2D eigenvalue weighted by Gasteiger charge is 2.03. The van der Waals surface area contributed by atoms with Gasteiger partial charge in [-0.1, -0.05) is 41.5 Å². The number of benzene rings is 1. The van der Waals surface area contributed by atoms with E-state index in [4.69, 9.17) is 9.47 Å². The summed E-state index contributed by atoms with van der Waals surface area (Å²) in [5.74, 6) is 0. The second kappa shape index (κ2) is 8.66. The molecule has 0 atom stereocenters. The van der Waals surface area contributed by atoms with Gasteiger partial charge in [-0.25, -0.2) is 4.68 Å². The third-order valence-electron chi connectivity index (χ3n) is 3.18. The monoisotopic (exact) mass is 303 g/mol. The lowest BCUT2D eigenvalue weighted by atomic mass is 10.1. The van der Waals surface area contributed by atoms with Crippen molar-refractivity contribution in [3.63, 3.8) is 0 Å². The Hall–Kier alpha value is -1.72. The first-order valence-corrected chi connectivity index (χ1v) is 7.79. The summed E-state index contributed by atoms with van der Waals surface area (Å²) in [6, 6.07) is 6.52. The van der Waals surface area contributed by atoms with Crippen molar-refractivity contribution in [2.24, 2.45) is 0 Å². The van der Waals surface area contributed by atoms with Crippen molar-refractivity contribution >= 4 is 0 Å². The predicted octanol–water partition coefficient (Wildman–Crippen LogP) is 2.89. The zero-order chi connectivity index (χ0) is 15.8. The highest BCUT2D eigenvalue weighted by Crippen LogP contribution is 2.10. The van der Waals surface area contributed by atoms with E-state index in [1.807, 2.05) is 10.9 Å². The van der Waals surface area contributed by atoms with Crippen molar-refractivity contribution in [2.75, 3.05) is 19.8 Å². The van der Waals surface area contributed by atoms with Gasteiger partial charge in [0.1, 0.15) is 5.69 Å². The van der Waals surface area contributed by atoms with Crippen molar-refractivity contribution < 1.29 is 9.47 Å². The van der Waals surface area contributed by atoms with Gasteiger partial charge in [0.05, 0.1) is 32.6 Å². The van der Waals surface area contributed by atoms with Gasteiger partial charge >= 0.3 is 0 Å². The zero-order valence-electron chi connectivity index (χ0n) is 13.7. The summed E-state index contributed by atoms with van der Waals surface area (Å²) in [5, 5.41) is 8.29. The summed E-state index contributed by atoms with van der Waals surface area (Å²) < 4.78 is 12.7. The summed E-state index contributed by atoms with van der Waals surface area (Å²) >= 11 is 0. The average Bonchev–Trinajstić information content (AvgIpc) is 2.89. The van der Waals surface area contributed by atoms with Gasteiger partial charge in [-0.2, -0.15) is 0 Å². The Bertz CT molecular complexity index is 561. The van der Waals surface area contributed by atoms with E-state index >= 15 is 0 Å². The lowest BCUT2D eigenvalue weighted by molar-refractivity contribution is 0.0397. The summed E-state index contributed by atoms with van der Waals surface area (Å²) in [5.41, 5.74) is 4.62. The molecule has 0 fully saturated rings. The lowest BCUT2D eigenvalue weighted by Crippen LogP contribution is -2.05. The van der Waals surface area contributed by atoms with Crippen molar-refractivity contribution in [2.45, 2.75) is 40.3 Å². The molecule has 120 valence electrons. The molecular weight excluding hydrogens is 278 g/mol. The van der Waals surface area contributed by atoms with Crippen molar-refractivity contribution in [1.82, 2.24) is 15.0 Å². The van der Waals surface area contributed by atoms with Crippen LogP contribution in [0.1, 0.15) is 35.7 Å². The van der Waals surface area contributed by atoms with Crippen molar-refractivity contribution in [3.8, 4) is 0 Å². The van der Waals surface area contributed by atoms with Gasteiger partial charge in [-0.05, 0) is 25.8 Å². The first-order valence-electron chi connectivity index (χ1n) is 7.79. The molecule has 0 aliphatic carbocycles. The van der Waals surface area contributed by atoms with E-state index in [2.05, 4.69) is 49.3 Å². The zero-order valence-corrected chi connectivity index (χ0v) is 13.7. The molecule has 22 heavy (non-hydrogen) atoms. The standard InChI is InChI=1S/C17H25N3O2/c1-4-5-21-6-7-22-13-17-12-20(19-18-17)11-16-9-14(2)8-15(3)10-16/h8-10,12H,4-7,11,13H2,1-3H3. The second-order valence-corrected chi connectivity index (χ2v) is 5.57. The maximum absolute atomic E-state index is 5.53. The van der Waals surface area contributed by atoms with Gasteiger partial charge < -0.3 is 9.47 Å². The number of nitrogens with zero attached hydrogens (tertiary/aromatic N) is 3. The fraction of sp³-hybridized carbons (Fsp3) is 0.529. The maximum atomic E-state index is 5.53. The quantitative estimate of drug-likeness (QED) is 0.668. The molecule has 5 nitrogen and oxygen atoms in total. The molecule has 0 bridgehead atoms. The minimum absolute atomic E-state index is 0.475. The van der Waals surface area contributed by atoms with E-state index < -0.39 is 0 Å². The second-order valence-electron chi connectivity index (χ2n) is 5.57. The van der Waals surface area contributed by atoms with Gasteiger partial charge in [0.2, 0.25) is 0 Å². The third-order valence-corrected chi connectivity index (χ3v) is 3.18. The van der Waals surface area contributed by atoms with E-state index in [0.717, 1.165) is 25.3 Å². The number of rotatable bonds is 9. The number of hydrogen-bond acceptors (Lipinski definition) is 4. The molecule has 0 N–H and O–H groups in total. The largest absolute Gasteiger partial charge is 0.379 e. The molecule has 5 heteroatoms. The molecule has 0 aliphatic rings. The van der Waals surface area contributed by atoms with Crippen LogP contribution >= 0.6 is 0 Å². The number of hydrogen-bond donors (Lipinski definition) is 0. The molecule has 1 aromatic carbocycles. The SMILES string of the molecule is CCCOCCOCc1cn(Cc2cc(C)cc(C)c2)nn1. The Morgan fingerprint density at radius 2 is 1.73 bits per heavy atom. The van der Waals surface area contributed by atoms with Crippen LogP contribution in [0.5, 0.6) is 0 Å². The molecule has 1 heterocycles. The van der Waals surface area contributed by atoms with Gasteiger partial charge in [0.25, 0.3) is 0 Å². The third kappa shape index (κ3) is 5.58. The van der Waals surface area contributed by atoms with Crippen LogP contribution in [0.4, 0.5) is 0 Å². The van der Waals surface area contributed by atoms with Gasteiger partial charge in [-0.15, -0.1) is 5.10 Å². The Kier molecular flexibility index (Phi) is 6.55. The fourth-order valence-corrected chi connectivity index (χ4v) is 2.37. The number of ether oxygens (including phenoxy) is 2. The molecule has 0 radical (unpaired) electrons. The summed E-state index contributed by atoms with van der Waals surface area (Å²) in [6.07, 6.45) is 2.97. The van der Waals surface area contributed by atoms with Crippen LogP contribution in [-0.4, -0.2) is 34.8 Å². The molecule has 0 aliphatic heterocycles.